The van der Waals surface area contributed by atoms with Gasteiger partial charge < -0.3 is 9.84 Å². The highest BCUT2D eigenvalue weighted by molar-refractivity contribution is 4.87. The lowest BCUT2D eigenvalue weighted by Crippen LogP contribution is -2.42. The molecular weight excluding hydrogens is 240 g/mol. The summed E-state index contributed by atoms with van der Waals surface area (Å²) in [5.41, 5.74) is 0. The van der Waals surface area contributed by atoms with Crippen molar-refractivity contribution in [1.29, 1.82) is 0 Å². The Bertz CT molecular complexity index is 247. The van der Waals surface area contributed by atoms with E-state index in [0.29, 0.717) is 0 Å². The summed E-state index contributed by atoms with van der Waals surface area (Å²) in [6.45, 7) is 1.54. The standard InChI is InChI=1S/C12H22O6/c1-8(13)11-4-5-12(11)17-9-2-3-10(6-9)18-16-7-15-14/h8-14H,2-7H2,1H3. The number of rotatable bonds is 7. The highest BCUT2D eigenvalue weighted by Gasteiger charge is 2.38. The van der Waals surface area contributed by atoms with Crippen molar-refractivity contribution in [2.45, 2.75) is 63.4 Å². The van der Waals surface area contributed by atoms with Gasteiger partial charge in [-0.05, 0) is 32.6 Å². The Balaban J connectivity index is 1.63. The van der Waals surface area contributed by atoms with Gasteiger partial charge in [0.1, 0.15) is 0 Å². The Hall–Kier alpha value is -0.240. The van der Waals surface area contributed by atoms with Crippen LogP contribution in [-0.4, -0.2) is 41.6 Å². The molecule has 18 heavy (non-hydrogen) atoms. The molecule has 0 aliphatic heterocycles. The summed E-state index contributed by atoms with van der Waals surface area (Å²) in [6, 6.07) is 0. The lowest BCUT2D eigenvalue weighted by molar-refractivity contribution is -0.416. The van der Waals surface area contributed by atoms with Gasteiger partial charge in [-0.1, -0.05) is 0 Å². The first kappa shape index (κ1) is 14.2. The number of hydrogen-bond acceptors (Lipinski definition) is 6. The quantitative estimate of drug-likeness (QED) is 0.313. The maximum atomic E-state index is 9.55. The molecule has 0 aromatic heterocycles. The summed E-state index contributed by atoms with van der Waals surface area (Å²) in [4.78, 5) is 13.5. The smallest absolute Gasteiger partial charge is 0.214 e. The van der Waals surface area contributed by atoms with Crippen molar-refractivity contribution in [3.63, 3.8) is 0 Å². The molecule has 2 fully saturated rings. The van der Waals surface area contributed by atoms with Crippen molar-refractivity contribution in [3.8, 4) is 0 Å². The van der Waals surface area contributed by atoms with Crippen LogP contribution in [0.25, 0.3) is 0 Å². The number of aliphatic hydroxyl groups is 1. The zero-order valence-electron chi connectivity index (χ0n) is 10.7. The van der Waals surface area contributed by atoms with Crippen LogP contribution < -0.4 is 0 Å². The monoisotopic (exact) mass is 262 g/mol. The maximum absolute atomic E-state index is 9.55. The average Bonchev–Trinajstić information content (AvgIpc) is 2.72. The van der Waals surface area contributed by atoms with E-state index in [1.54, 1.807) is 0 Å². The van der Waals surface area contributed by atoms with Gasteiger partial charge >= 0.3 is 0 Å². The second-order valence-electron chi connectivity index (χ2n) is 5.17. The van der Waals surface area contributed by atoms with E-state index < -0.39 is 0 Å². The molecule has 6 heteroatoms. The van der Waals surface area contributed by atoms with E-state index in [2.05, 4.69) is 9.78 Å². The Morgan fingerprint density at radius 1 is 1.17 bits per heavy atom. The van der Waals surface area contributed by atoms with Crippen molar-refractivity contribution < 1.29 is 29.8 Å². The topological polar surface area (TPSA) is 77.4 Å². The summed E-state index contributed by atoms with van der Waals surface area (Å²) in [7, 11) is 0. The second-order valence-corrected chi connectivity index (χ2v) is 5.17. The number of hydrogen-bond donors (Lipinski definition) is 2. The molecule has 5 unspecified atom stereocenters. The van der Waals surface area contributed by atoms with Crippen molar-refractivity contribution in [1.82, 2.24) is 0 Å². The molecule has 0 aromatic carbocycles. The Morgan fingerprint density at radius 3 is 2.56 bits per heavy atom. The molecule has 106 valence electrons. The van der Waals surface area contributed by atoms with Gasteiger partial charge in [0.2, 0.25) is 6.79 Å². The molecule has 0 amide bonds. The predicted octanol–water partition coefficient (Wildman–Crippen LogP) is 1.48. The Morgan fingerprint density at radius 2 is 1.94 bits per heavy atom. The van der Waals surface area contributed by atoms with Crippen LogP contribution in [0.15, 0.2) is 0 Å². The Kier molecular flexibility index (Phi) is 5.35. The molecule has 0 bridgehead atoms. The molecule has 2 aliphatic rings. The summed E-state index contributed by atoms with van der Waals surface area (Å²) in [5.74, 6) is 0.281. The maximum Gasteiger partial charge on any atom is 0.214 e. The fourth-order valence-corrected chi connectivity index (χ4v) is 2.72. The third kappa shape index (κ3) is 3.63. The molecule has 2 aliphatic carbocycles. The van der Waals surface area contributed by atoms with Gasteiger partial charge in [0.25, 0.3) is 0 Å². The fraction of sp³-hybridized carbons (Fsp3) is 1.00. The second kappa shape index (κ2) is 6.79. The van der Waals surface area contributed by atoms with Gasteiger partial charge in [-0.15, -0.1) is 0 Å². The molecule has 5 atom stereocenters. The molecular formula is C12H22O6. The third-order valence-corrected chi connectivity index (χ3v) is 3.89. The molecule has 0 radical (unpaired) electrons. The highest BCUT2D eigenvalue weighted by Crippen LogP contribution is 2.36. The van der Waals surface area contributed by atoms with Gasteiger partial charge in [-0.3, -0.25) is 0 Å². The van der Waals surface area contributed by atoms with Crippen molar-refractivity contribution in [3.05, 3.63) is 0 Å². The molecule has 0 saturated heterocycles. The normalized spacial score (nSPS) is 37.5. The predicted molar refractivity (Wildman–Crippen MR) is 61.5 cm³/mol. The Labute approximate surface area is 107 Å². The zero-order chi connectivity index (χ0) is 13.0. The van der Waals surface area contributed by atoms with E-state index in [1.165, 1.54) is 0 Å². The molecule has 0 aromatic rings. The minimum Gasteiger partial charge on any atom is -0.393 e. The summed E-state index contributed by atoms with van der Waals surface area (Å²) in [5, 5.41) is 17.6. The summed E-state index contributed by atoms with van der Waals surface area (Å²) in [6.07, 6.45) is 4.76. The fourth-order valence-electron chi connectivity index (χ4n) is 2.72. The van der Waals surface area contributed by atoms with Crippen LogP contribution in [0.3, 0.4) is 0 Å². The van der Waals surface area contributed by atoms with Crippen molar-refractivity contribution in [2.24, 2.45) is 5.92 Å². The van der Waals surface area contributed by atoms with Crippen LogP contribution in [0.2, 0.25) is 0 Å². The lowest BCUT2D eigenvalue weighted by atomic mass is 9.78. The summed E-state index contributed by atoms with van der Waals surface area (Å²) >= 11 is 0. The third-order valence-electron chi connectivity index (χ3n) is 3.89. The van der Waals surface area contributed by atoms with Gasteiger partial charge in [-0.25, -0.2) is 19.9 Å². The van der Waals surface area contributed by atoms with E-state index in [9.17, 15) is 5.11 Å². The van der Waals surface area contributed by atoms with E-state index in [-0.39, 0.29) is 37.1 Å². The molecule has 0 heterocycles. The van der Waals surface area contributed by atoms with Crippen LogP contribution in [0, 0.1) is 5.92 Å². The first-order chi connectivity index (χ1) is 8.70. The largest absolute Gasteiger partial charge is 0.393 e. The lowest BCUT2D eigenvalue weighted by Gasteiger charge is -2.39. The van der Waals surface area contributed by atoms with E-state index in [4.69, 9.17) is 14.9 Å². The molecule has 2 saturated carbocycles. The van der Waals surface area contributed by atoms with Crippen LogP contribution in [0.4, 0.5) is 0 Å². The minimum atomic E-state index is -0.290. The molecule has 6 nitrogen and oxygen atoms in total. The minimum absolute atomic E-state index is 0.00442. The van der Waals surface area contributed by atoms with Crippen LogP contribution in [0.1, 0.15) is 39.0 Å². The molecule has 0 spiro atoms. The number of ether oxygens (including phenoxy) is 1. The van der Waals surface area contributed by atoms with Crippen LogP contribution in [-0.2, 0) is 19.4 Å². The van der Waals surface area contributed by atoms with Crippen molar-refractivity contribution in [2.75, 3.05) is 6.79 Å². The van der Waals surface area contributed by atoms with Gasteiger partial charge in [-0.2, -0.15) is 0 Å². The SMILES string of the molecule is CC(O)C1CCC1OC1CCC(OOCOO)C1. The number of aliphatic hydroxyl groups excluding tert-OH is 1. The van der Waals surface area contributed by atoms with Gasteiger partial charge in [0.15, 0.2) is 0 Å². The van der Waals surface area contributed by atoms with E-state index in [1.807, 2.05) is 6.92 Å². The summed E-state index contributed by atoms with van der Waals surface area (Å²) < 4.78 is 5.98. The first-order valence-electron chi connectivity index (χ1n) is 6.59. The highest BCUT2D eigenvalue weighted by atomic mass is 17.3. The average molecular weight is 262 g/mol. The zero-order valence-corrected chi connectivity index (χ0v) is 10.7. The van der Waals surface area contributed by atoms with Crippen molar-refractivity contribution >= 4 is 0 Å². The molecule has 2 rings (SSSR count). The molecule has 2 N–H and O–H groups in total. The van der Waals surface area contributed by atoms with Crippen LogP contribution >= 0.6 is 0 Å². The first-order valence-corrected chi connectivity index (χ1v) is 6.59. The van der Waals surface area contributed by atoms with E-state index in [0.717, 1.165) is 32.1 Å². The van der Waals surface area contributed by atoms with E-state index >= 15 is 0 Å². The van der Waals surface area contributed by atoms with Gasteiger partial charge in [0, 0.05) is 12.3 Å². The van der Waals surface area contributed by atoms with Crippen LogP contribution in [0.5, 0.6) is 0 Å². The van der Waals surface area contributed by atoms with Gasteiger partial charge in [0.05, 0.1) is 24.4 Å².